The fraction of sp³-hybridized carbons (Fsp3) is 0.462. The number of nitrogens with two attached hydrogens (primary N) is 1. The molecule has 2 nitrogen and oxygen atoms in total. The Bertz CT molecular complexity index is 474. The largest absolute Gasteiger partial charge is 0.401 e. The number of hydrogen-bond donors (Lipinski definition) is 1. The summed E-state index contributed by atoms with van der Waals surface area (Å²) in [5.41, 5.74) is 6.04. The first-order valence-corrected chi connectivity index (χ1v) is 6.51. The van der Waals surface area contributed by atoms with Crippen molar-refractivity contribution in [2.24, 2.45) is 5.73 Å². The molecule has 0 aliphatic rings. The molecule has 112 valence electrons. The molecule has 0 radical (unpaired) electrons. The van der Waals surface area contributed by atoms with Gasteiger partial charge in [0, 0.05) is 17.7 Å². The van der Waals surface area contributed by atoms with Gasteiger partial charge in [0.05, 0.1) is 6.54 Å². The average Bonchev–Trinajstić information content (AvgIpc) is 2.29. The molecular formula is C13H16F4N2S. The summed E-state index contributed by atoms with van der Waals surface area (Å²) in [6.07, 6.45) is -3.76. The molecule has 7 heteroatoms. The van der Waals surface area contributed by atoms with Gasteiger partial charge < -0.3 is 5.73 Å². The average molecular weight is 308 g/mol. The zero-order valence-electron chi connectivity index (χ0n) is 11.0. The van der Waals surface area contributed by atoms with Gasteiger partial charge in [0.1, 0.15) is 10.8 Å². The van der Waals surface area contributed by atoms with E-state index in [1.165, 1.54) is 18.2 Å². The monoisotopic (exact) mass is 308 g/mol. The van der Waals surface area contributed by atoms with Crippen molar-refractivity contribution >= 4 is 17.2 Å². The van der Waals surface area contributed by atoms with Gasteiger partial charge in [-0.1, -0.05) is 19.1 Å². The minimum absolute atomic E-state index is 0.0871. The summed E-state index contributed by atoms with van der Waals surface area (Å²) in [5, 5.41) is 0. The number of thiocarbonyl (C=S) groups is 1. The molecule has 1 aromatic carbocycles. The van der Waals surface area contributed by atoms with Crippen LogP contribution in [-0.4, -0.2) is 29.2 Å². The van der Waals surface area contributed by atoms with Crippen molar-refractivity contribution in [1.29, 1.82) is 0 Å². The van der Waals surface area contributed by atoms with E-state index in [9.17, 15) is 17.6 Å². The second-order valence-electron chi connectivity index (χ2n) is 4.50. The topological polar surface area (TPSA) is 29.3 Å². The normalized spacial score (nSPS) is 11.9. The lowest BCUT2D eigenvalue weighted by Crippen LogP contribution is -2.34. The van der Waals surface area contributed by atoms with Crippen molar-refractivity contribution in [2.45, 2.75) is 26.1 Å². The lowest BCUT2D eigenvalue weighted by molar-refractivity contribution is -0.147. The first-order valence-electron chi connectivity index (χ1n) is 6.10. The Balaban J connectivity index is 2.92. The van der Waals surface area contributed by atoms with E-state index in [1.54, 1.807) is 6.92 Å². The molecule has 1 rings (SSSR count). The zero-order chi connectivity index (χ0) is 15.3. The third-order valence-electron chi connectivity index (χ3n) is 2.67. The van der Waals surface area contributed by atoms with Crippen LogP contribution >= 0.6 is 12.2 Å². The Labute approximate surface area is 120 Å². The van der Waals surface area contributed by atoms with Gasteiger partial charge >= 0.3 is 6.18 Å². The lowest BCUT2D eigenvalue weighted by Gasteiger charge is -2.23. The number of hydrogen-bond acceptors (Lipinski definition) is 2. The fourth-order valence-corrected chi connectivity index (χ4v) is 2.00. The highest BCUT2D eigenvalue weighted by atomic mass is 32.1. The molecule has 0 spiro atoms. The fourth-order valence-electron chi connectivity index (χ4n) is 1.87. The van der Waals surface area contributed by atoms with E-state index < -0.39 is 18.5 Å². The molecule has 0 aliphatic heterocycles. The molecule has 20 heavy (non-hydrogen) atoms. The molecular weight excluding hydrogens is 292 g/mol. The number of alkyl halides is 3. The minimum atomic E-state index is -4.31. The molecule has 0 atom stereocenters. The van der Waals surface area contributed by atoms with Crippen molar-refractivity contribution in [1.82, 2.24) is 4.90 Å². The lowest BCUT2D eigenvalue weighted by atomic mass is 10.1. The Morgan fingerprint density at radius 3 is 2.50 bits per heavy atom. The molecule has 0 fully saturated rings. The number of benzene rings is 1. The van der Waals surface area contributed by atoms with Crippen LogP contribution in [0.5, 0.6) is 0 Å². The highest BCUT2D eigenvalue weighted by Crippen LogP contribution is 2.20. The maximum atomic E-state index is 13.7. The van der Waals surface area contributed by atoms with Crippen LogP contribution in [0.15, 0.2) is 18.2 Å². The molecule has 0 unspecified atom stereocenters. The van der Waals surface area contributed by atoms with Gasteiger partial charge in [-0.25, -0.2) is 4.39 Å². The van der Waals surface area contributed by atoms with Gasteiger partial charge in [0.25, 0.3) is 0 Å². The third kappa shape index (κ3) is 5.42. The van der Waals surface area contributed by atoms with Crippen LogP contribution in [0.2, 0.25) is 0 Å². The maximum Gasteiger partial charge on any atom is 0.401 e. The van der Waals surface area contributed by atoms with Crippen LogP contribution in [0.4, 0.5) is 17.6 Å². The second kappa shape index (κ2) is 6.99. The summed E-state index contributed by atoms with van der Waals surface area (Å²) in [6, 6.07) is 3.98. The van der Waals surface area contributed by atoms with E-state index in [-0.39, 0.29) is 23.6 Å². The van der Waals surface area contributed by atoms with Crippen LogP contribution in [0, 0.1) is 5.82 Å². The summed E-state index contributed by atoms with van der Waals surface area (Å²) >= 11 is 4.78. The summed E-state index contributed by atoms with van der Waals surface area (Å²) in [7, 11) is 0. The molecule has 0 heterocycles. The summed E-state index contributed by atoms with van der Waals surface area (Å²) in [6.45, 7) is 0.800. The van der Waals surface area contributed by atoms with Crippen molar-refractivity contribution < 1.29 is 17.6 Å². The Kier molecular flexibility index (Phi) is 5.88. The van der Waals surface area contributed by atoms with E-state index in [0.717, 1.165) is 4.90 Å². The van der Waals surface area contributed by atoms with Crippen molar-refractivity contribution in [3.05, 3.63) is 35.1 Å². The van der Waals surface area contributed by atoms with Gasteiger partial charge in [-0.15, -0.1) is 0 Å². The third-order valence-corrected chi connectivity index (χ3v) is 2.90. The highest BCUT2D eigenvalue weighted by molar-refractivity contribution is 7.80. The first-order chi connectivity index (χ1) is 9.23. The molecule has 1 aromatic rings. The minimum Gasteiger partial charge on any atom is -0.389 e. The quantitative estimate of drug-likeness (QED) is 0.646. The summed E-state index contributed by atoms with van der Waals surface area (Å²) in [5.74, 6) is -0.562. The molecule has 0 aliphatic carbocycles. The number of rotatable bonds is 6. The van der Waals surface area contributed by atoms with Gasteiger partial charge in [0.15, 0.2) is 0 Å². The van der Waals surface area contributed by atoms with E-state index >= 15 is 0 Å². The molecule has 0 bridgehead atoms. The second-order valence-corrected chi connectivity index (χ2v) is 4.94. The Hall–Kier alpha value is -1.21. The van der Waals surface area contributed by atoms with Crippen LogP contribution in [-0.2, 0) is 6.54 Å². The van der Waals surface area contributed by atoms with Crippen LogP contribution in [0.1, 0.15) is 24.5 Å². The smallest absolute Gasteiger partial charge is 0.389 e. The summed E-state index contributed by atoms with van der Waals surface area (Å²) < 4.78 is 51.1. The maximum absolute atomic E-state index is 13.7. The van der Waals surface area contributed by atoms with Crippen LogP contribution < -0.4 is 5.73 Å². The molecule has 2 N–H and O–H groups in total. The highest BCUT2D eigenvalue weighted by Gasteiger charge is 2.30. The predicted molar refractivity (Wildman–Crippen MR) is 73.9 cm³/mol. The standard InChI is InChI=1S/C13H16F4N2S/c1-2-5-19(8-13(15,16)17)7-10-6-9(12(18)20)3-4-11(10)14/h3-4,6H,2,5,7-8H2,1H3,(H2,18,20). The Morgan fingerprint density at radius 1 is 1.35 bits per heavy atom. The zero-order valence-corrected chi connectivity index (χ0v) is 11.8. The van der Waals surface area contributed by atoms with E-state index in [2.05, 4.69) is 0 Å². The van der Waals surface area contributed by atoms with E-state index in [4.69, 9.17) is 18.0 Å². The molecule has 0 aromatic heterocycles. The van der Waals surface area contributed by atoms with Gasteiger partial charge in [-0.3, -0.25) is 4.90 Å². The van der Waals surface area contributed by atoms with E-state index in [0.29, 0.717) is 12.0 Å². The van der Waals surface area contributed by atoms with Gasteiger partial charge in [-0.05, 0) is 31.2 Å². The van der Waals surface area contributed by atoms with Gasteiger partial charge in [0.2, 0.25) is 0 Å². The van der Waals surface area contributed by atoms with Crippen LogP contribution in [0.3, 0.4) is 0 Å². The van der Waals surface area contributed by atoms with Crippen LogP contribution in [0.25, 0.3) is 0 Å². The predicted octanol–water partition coefficient (Wildman–Crippen LogP) is 3.23. The number of halogens is 4. The van der Waals surface area contributed by atoms with Crippen molar-refractivity contribution in [3.8, 4) is 0 Å². The van der Waals surface area contributed by atoms with Crippen molar-refractivity contribution in [2.75, 3.05) is 13.1 Å². The first kappa shape index (κ1) is 16.8. The molecule has 0 amide bonds. The van der Waals surface area contributed by atoms with Gasteiger partial charge in [-0.2, -0.15) is 13.2 Å². The molecule has 0 saturated heterocycles. The van der Waals surface area contributed by atoms with Crippen molar-refractivity contribution in [3.63, 3.8) is 0 Å². The Morgan fingerprint density at radius 2 is 2.00 bits per heavy atom. The number of nitrogens with zero attached hydrogens (tertiary/aromatic N) is 1. The van der Waals surface area contributed by atoms with E-state index in [1.807, 2.05) is 0 Å². The molecule has 0 saturated carbocycles. The summed E-state index contributed by atoms with van der Waals surface area (Å²) in [4.78, 5) is 1.24. The SMILES string of the molecule is CCCN(Cc1cc(C(N)=S)ccc1F)CC(F)(F)F.